The summed E-state index contributed by atoms with van der Waals surface area (Å²) in [5, 5.41) is 11.4. The molecular weight excluding hydrogens is 234 g/mol. The fraction of sp³-hybridized carbons (Fsp3) is 0.833. The summed E-state index contributed by atoms with van der Waals surface area (Å²) < 4.78 is 0. The van der Waals surface area contributed by atoms with Crippen molar-refractivity contribution in [3.8, 4) is 0 Å². The van der Waals surface area contributed by atoms with Crippen LogP contribution >= 0.6 is 0 Å². The van der Waals surface area contributed by atoms with Crippen LogP contribution in [0.15, 0.2) is 0 Å². The standard InChI is InChI=1S/C12H23N3O3/c1-15(2)12(5-3-4-6-12)8-14-11(18)9(13)7-10(16)17/h9H,3-8,13H2,1-2H3,(H,14,18)(H,16,17). The SMILES string of the molecule is CN(C)C1(CNC(=O)C(N)CC(=O)O)CCCC1. The van der Waals surface area contributed by atoms with Crippen molar-refractivity contribution in [3.05, 3.63) is 0 Å². The van der Waals surface area contributed by atoms with Gasteiger partial charge in [0.05, 0.1) is 12.5 Å². The molecule has 1 saturated carbocycles. The molecule has 4 N–H and O–H groups in total. The van der Waals surface area contributed by atoms with Gasteiger partial charge in [-0.1, -0.05) is 12.8 Å². The lowest BCUT2D eigenvalue weighted by Gasteiger charge is -2.36. The first-order chi connectivity index (χ1) is 8.37. The molecule has 0 heterocycles. The molecule has 1 aliphatic rings. The molecule has 0 bridgehead atoms. The van der Waals surface area contributed by atoms with E-state index in [0.29, 0.717) is 6.54 Å². The molecule has 0 aromatic rings. The number of nitrogens with zero attached hydrogens (tertiary/aromatic N) is 1. The summed E-state index contributed by atoms with van der Waals surface area (Å²) in [5.74, 6) is -1.44. The lowest BCUT2D eigenvalue weighted by molar-refractivity contribution is -0.139. The lowest BCUT2D eigenvalue weighted by atomic mass is 9.96. The van der Waals surface area contributed by atoms with Crippen molar-refractivity contribution >= 4 is 11.9 Å². The molecule has 1 amide bonds. The average molecular weight is 257 g/mol. The van der Waals surface area contributed by atoms with Crippen LogP contribution < -0.4 is 11.1 Å². The Morgan fingerprint density at radius 3 is 2.39 bits per heavy atom. The third-order valence-corrected chi connectivity index (χ3v) is 3.81. The van der Waals surface area contributed by atoms with Crippen LogP contribution in [-0.4, -0.2) is 54.1 Å². The third kappa shape index (κ3) is 3.68. The molecule has 1 atom stereocenters. The molecule has 1 aliphatic carbocycles. The Labute approximate surface area is 108 Å². The molecule has 1 rings (SSSR count). The van der Waals surface area contributed by atoms with Crippen LogP contribution in [0.3, 0.4) is 0 Å². The highest BCUT2D eigenvalue weighted by atomic mass is 16.4. The number of likely N-dealkylation sites (N-methyl/N-ethyl adjacent to an activating group) is 1. The Balaban J connectivity index is 2.48. The summed E-state index contributed by atoms with van der Waals surface area (Å²) in [4.78, 5) is 24.3. The van der Waals surface area contributed by atoms with Gasteiger partial charge in [-0.05, 0) is 26.9 Å². The number of hydrogen-bond acceptors (Lipinski definition) is 4. The molecule has 0 aromatic heterocycles. The molecule has 0 saturated heterocycles. The van der Waals surface area contributed by atoms with Crippen molar-refractivity contribution in [3.63, 3.8) is 0 Å². The van der Waals surface area contributed by atoms with E-state index in [1.54, 1.807) is 0 Å². The van der Waals surface area contributed by atoms with Gasteiger partial charge < -0.3 is 21.1 Å². The molecular formula is C12H23N3O3. The van der Waals surface area contributed by atoms with Crippen molar-refractivity contribution < 1.29 is 14.7 Å². The van der Waals surface area contributed by atoms with E-state index in [0.717, 1.165) is 25.7 Å². The highest BCUT2D eigenvalue weighted by molar-refractivity contribution is 5.85. The van der Waals surface area contributed by atoms with Gasteiger partial charge in [-0.15, -0.1) is 0 Å². The lowest BCUT2D eigenvalue weighted by Crippen LogP contribution is -2.53. The monoisotopic (exact) mass is 257 g/mol. The first-order valence-electron chi connectivity index (χ1n) is 6.30. The molecule has 18 heavy (non-hydrogen) atoms. The van der Waals surface area contributed by atoms with E-state index in [-0.39, 0.29) is 17.9 Å². The molecule has 0 aromatic carbocycles. The summed E-state index contributed by atoms with van der Waals surface area (Å²) in [5.41, 5.74) is 5.51. The minimum atomic E-state index is -1.05. The number of hydrogen-bond donors (Lipinski definition) is 3. The Morgan fingerprint density at radius 2 is 1.94 bits per heavy atom. The van der Waals surface area contributed by atoms with E-state index in [4.69, 9.17) is 10.8 Å². The highest BCUT2D eigenvalue weighted by Gasteiger charge is 2.36. The number of carbonyl (C=O) groups is 2. The molecule has 6 heteroatoms. The van der Waals surface area contributed by atoms with Crippen LogP contribution in [0.4, 0.5) is 0 Å². The van der Waals surface area contributed by atoms with Gasteiger partial charge in [-0.25, -0.2) is 0 Å². The van der Waals surface area contributed by atoms with Crippen molar-refractivity contribution in [2.45, 2.75) is 43.7 Å². The van der Waals surface area contributed by atoms with Crippen molar-refractivity contribution in [2.24, 2.45) is 5.73 Å². The second-order valence-electron chi connectivity index (χ2n) is 5.25. The minimum absolute atomic E-state index is 0.00139. The van der Waals surface area contributed by atoms with Crippen LogP contribution in [0.25, 0.3) is 0 Å². The zero-order valence-electron chi connectivity index (χ0n) is 11.1. The normalized spacial score (nSPS) is 19.8. The number of nitrogens with two attached hydrogens (primary N) is 1. The first-order valence-corrected chi connectivity index (χ1v) is 6.30. The largest absolute Gasteiger partial charge is 0.481 e. The van der Waals surface area contributed by atoms with E-state index in [1.807, 2.05) is 14.1 Å². The average Bonchev–Trinajstić information content (AvgIpc) is 2.74. The Kier molecular flexibility index (Phi) is 5.10. The summed E-state index contributed by atoms with van der Waals surface area (Å²) in [6.07, 6.45) is 4.09. The van der Waals surface area contributed by atoms with E-state index >= 15 is 0 Å². The van der Waals surface area contributed by atoms with E-state index in [2.05, 4.69) is 10.2 Å². The van der Waals surface area contributed by atoms with Gasteiger partial charge in [0.2, 0.25) is 5.91 Å². The molecule has 0 aliphatic heterocycles. The van der Waals surface area contributed by atoms with Crippen LogP contribution in [0.2, 0.25) is 0 Å². The van der Waals surface area contributed by atoms with Crippen molar-refractivity contribution in [2.75, 3.05) is 20.6 Å². The maximum Gasteiger partial charge on any atom is 0.305 e. The number of rotatable bonds is 6. The molecule has 0 radical (unpaired) electrons. The van der Waals surface area contributed by atoms with Gasteiger partial charge in [-0.3, -0.25) is 9.59 Å². The molecule has 1 fully saturated rings. The van der Waals surface area contributed by atoms with Crippen molar-refractivity contribution in [1.82, 2.24) is 10.2 Å². The highest BCUT2D eigenvalue weighted by Crippen LogP contribution is 2.33. The zero-order valence-corrected chi connectivity index (χ0v) is 11.1. The summed E-state index contributed by atoms with van der Waals surface area (Å²) in [6.45, 7) is 0.534. The predicted octanol–water partition coefficient (Wildman–Crippen LogP) is -0.221. The summed E-state index contributed by atoms with van der Waals surface area (Å²) in [6, 6.07) is -0.969. The van der Waals surface area contributed by atoms with Gasteiger partial charge >= 0.3 is 5.97 Å². The van der Waals surface area contributed by atoms with Gasteiger partial charge in [0.25, 0.3) is 0 Å². The number of amides is 1. The van der Waals surface area contributed by atoms with Crippen LogP contribution in [0.5, 0.6) is 0 Å². The van der Waals surface area contributed by atoms with E-state index < -0.39 is 12.0 Å². The van der Waals surface area contributed by atoms with E-state index in [9.17, 15) is 9.59 Å². The van der Waals surface area contributed by atoms with Gasteiger partial charge in [0.1, 0.15) is 0 Å². The Bertz CT molecular complexity index is 312. The predicted molar refractivity (Wildman–Crippen MR) is 68.1 cm³/mol. The quantitative estimate of drug-likeness (QED) is 0.611. The number of carboxylic acid groups (broad SMARTS) is 1. The third-order valence-electron chi connectivity index (χ3n) is 3.81. The van der Waals surface area contributed by atoms with Crippen molar-refractivity contribution in [1.29, 1.82) is 0 Å². The Morgan fingerprint density at radius 1 is 1.39 bits per heavy atom. The summed E-state index contributed by atoms with van der Waals surface area (Å²) >= 11 is 0. The molecule has 1 unspecified atom stereocenters. The topological polar surface area (TPSA) is 95.7 Å². The molecule has 104 valence electrons. The number of nitrogens with one attached hydrogen (secondary N) is 1. The van der Waals surface area contributed by atoms with Gasteiger partial charge in [0, 0.05) is 12.1 Å². The first kappa shape index (κ1) is 14.9. The zero-order chi connectivity index (χ0) is 13.8. The van der Waals surface area contributed by atoms with Gasteiger partial charge in [0.15, 0.2) is 0 Å². The van der Waals surface area contributed by atoms with Gasteiger partial charge in [-0.2, -0.15) is 0 Å². The Hall–Kier alpha value is -1.14. The maximum absolute atomic E-state index is 11.7. The second-order valence-corrected chi connectivity index (χ2v) is 5.25. The smallest absolute Gasteiger partial charge is 0.305 e. The fourth-order valence-corrected chi connectivity index (χ4v) is 2.48. The molecule has 6 nitrogen and oxygen atoms in total. The second kappa shape index (κ2) is 6.15. The van der Waals surface area contributed by atoms with Crippen LogP contribution in [0, 0.1) is 0 Å². The minimum Gasteiger partial charge on any atom is -0.481 e. The fourth-order valence-electron chi connectivity index (χ4n) is 2.48. The maximum atomic E-state index is 11.7. The van der Waals surface area contributed by atoms with Crippen LogP contribution in [0.1, 0.15) is 32.1 Å². The van der Waals surface area contributed by atoms with Crippen LogP contribution in [-0.2, 0) is 9.59 Å². The number of aliphatic carboxylic acids is 1. The van der Waals surface area contributed by atoms with E-state index in [1.165, 1.54) is 0 Å². The number of carboxylic acids is 1. The number of carbonyl (C=O) groups excluding carboxylic acids is 1. The molecule has 0 spiro atoms. The summed E-state index contributed by atoms with van der Waals surface area (Å²) in [7, 11) is 4.02.